The molecule has 0 spiro atoms. The fourth-order valence-corrected chi connectivity index (χ4v) is 1.44. The van der Waals surface area contributed by atoms with Crippen molar-refractivity contribution in [2.45, 2.75) is 12.8 Å². The van der Waals surface area contributed by atoms with Crippen molar-refractivity contribution < 1.29 is 8.76 Å². The second kappa shape index (κ2) is 7.71. The summed E-state index contributed by atoms with van der Waals surface area (Å²) in [7, 11) is 0. The standard InChI is InChI=1S/C9H12O2S.Na.H/c10-12(11)8-4-7-9-5-2-1-3-6-9;;/h1-3,5-6H,4,7-8H2,(H,10,11);;. The molecule has 0 aliphatic heterocycles. The Morgan fingerprint density at radius 1 is 1.23 bits per heavy atom. The first-order valence-corrected chi connectivity index (χ1v) is 5.18. The van der Waals surface area contributed by atoms with Gasteiger partial charge in [-0.3, -0.25) is 0 Å². The summed E-state index contributed by atoms with van der Waals surface area (Å²) in [5, 5.41) is 0. The van der Waals surface area contributed by atoms with Gasteiger partial charge >= 0.3 is 29.6 Å². The van der Waals surface area contributed by atoms with Crippen LogP contribution in [0.25, 0.3) is 0 Å². The summed E-state index contributed by atoms with van der Waals surface area (Å²) in [5.74, 6) is 0.370. The monoisotopic (exact) mass is 208 g/mol. The predicted molar refractivity (Wildman–Crippen MR) is 57.6 cm³/mol. The maximum absolute atomic E-state index is 10.3. The molecule has 2 nitrogen and oxygen atoms in total. The molecule has 1 unspecified atom stereocenters. The molecule has 0 aliphatic carbocycles. The van der Waals surface area contributed by atoms with Crippen molar-refractivity contribution in [2.75, 3.05) is 5.75 Å². The zero-order valence-electron chi connectivity index (χ0n) is 6.77. The van der Waals surface area contributed by atoms with Crippen LogP contribution in [0.15, 0.2) is 30.3 Å². The zero-order chi connectivity index (χ0) is 8.81. The van der Waals surface area contributed by atoms with E-state index in [-0.39, 0.29) is 29.6 Å². The van der Waals surface area contributed by atoms with Gasteiger partial charge in [-0.25, -0.2) is 4.21 Å². The van der Waals surface area contributed by atoms with E-state index in [1.165, 1.54) is 5.56 Å². The van der Waals surface area contributed by atoms with Crippen LogP contribution in [-0.2, 0) is 17.5 Å². The van der Waals surface area contributed by atoms with Crippen LogP contribution in [-0.4, -0.2) is 44.1 Å². The summed E-state index contributed by atoms with van der Waals surface area (Å²) in [6.07, 6.45) is 1.65. The van der Waals surface area contributed by atoms with E-state index in [0.29, 0.717) is 5.75 Å². The van der Waals surface area contributed by atoms with Gasteiger partial charge in [0.05, 0.1) is 0 Å². The van der Waals surface area contributed by atoms with E-state index in [2.05, 4.69) is 0 Å². The van der Waals surface area contributed by atoms with E-state index >= 15 is 0 Å². The van der Waals surface area contributed by atoms with Crippen LogP contribution in [0.1, 0.15) is 12.0 Å². The third-order valence-corrected chi connectivity index (χ3v) is 2.27. The van der Waals surface area contributed by atoms with Gasteiger partial charge in [0, 0.05) is 5.75 Å². The molecule has 1 rings (SSSR count). The number of benzene rings is 1. The summed E-state index contributed by atoms with van der Waals surface area (Å²) >= 11 is -1.64. The van der Waals surface area contributed by atoms with Gasteiger partial charge in [0.1, 0.15) is 0 Å². The van der Waals surface area contributed by atoms with Crippen LogP contribution in [0, 0.1) is 0 Å². The molecule has 68 valence electrons. The van der Waals surface area contributed by atoms with Gasteiger partial charge in [-0.15, -0.1) is 0 Å². The first-order chi connectivity index (χ1) is 5.79. The predicted octanol–water partition coefficient (Wildman–Crippen LogP) is 1.19. The minimum absolute atomic E-state index is 0. The topological polar surface area (TPSA) is 37.3 Å². The van der Waals surface area contributed by atoms with Gasteiger partial charge in [-0.2, -0.15) is 0 Å². The third-order valence-electron chi connectivity index (χ3n) is 1.63. The molecule has 0 saturated carbocycles. The molecule has 0 heterocycles. The van der Waals surface area contributed by atoms with Crippen LogP contribution in [0.3, 0.4) is 0 Å². The minimum atomic E-state index is -1.64. The number of aryl methyl sites for hydroxylation is 1. The molecule has 13 heavy (non-hydrogen) atoms. The van der Waals surface area contributed by atoms with E-state index in [4.69, 9.17) is 4.55 Å². The first-order valence-electron chi connectivity index (χ1n) is 3.90. The Kier molecular flexibility index (Phi) is 7.90. The van der Waals surface area contributed by atoms with E-state index in [1.54, 1.807) is 0 Å². The molecule has 0 saturated heterocycles. The van der Waals surface area contributed by atoms with Crippen LogP contribution in [0.2, 0.25) is 0 Å². The Morgan fingerprint density at radius 2 is 1.85 bits per heavy atom. The van der Waals surface area contributed by atoms with Crippen molar-refractivity contribution in [3.8, 4) is 0 Å². The Balaban J connectivity index is 0.00000144. The van der Waals surface area contributed by atoms with Crippen molar-refractivity contribution in [2.24, 2.45) is 0 Å². The van der Waals surface area contributed by atoms with Crippen LogP contribution >= 0.6 is 0 Å². The fourth-order valence-electron chi connectivity index (χ4n) is 1.04. The molecule has 1 aromatic carbocycles. The van der Waals surface area contributed by atoms with Crippen molar-refractivity contribution in [3.63, 3.8) is 0 Å². The van der Waals surface area contributed by atoms with E-state index in [0.717, 1.165) is 12.8 Å². The molecule has 1 atom stereocenters. The van der Waals surface area contributed by atoms with Crippen molar-refractivity contribution >= 4 is 40.6 Å². The Hall–Kier alpha value is 0.330. The first kappa shape index (κ1) is 13.3. The van der Waals surface area contributed by atoms with Crippen molar-refractivity contribution in [1.82, 2.24) is 0 Å². The maximum atomic E-state index is 10.3. The van der Waals surface area contributed by atoms with Crippen molar-refractivity contribution in [3.05, 3.63) is 35.9 Å². The quantitative estimate of drug-likeness (QED) is 0.596. The number of rotatable bonds is 4. The summed E-state index contributed by atoms with van der Waals surface area (Å²) < 4.78 is 18.8. The molecule has 0 aromatic heterocycles. The van der Waals surface area contributed by atoms with Crippen molar-refractivity contribution in [1.29, 1.82) is 0 Å². The summed E-state index contributed by atoms with van der Waals surface area (Å²) in [6.45, 7) is 0. The van der Waals surface area contributed by atoms with Crippen LogP contribution in [0.5, 0.6) is 0 Å². The van der Waals surface area contributed by atoms with Gasteiger partial charge in [-0.1, -0.05) is 30.3 Å². The molecule has 0 bridgehead atoms. The molecule has 0 radical (unpaired) electrons. The molecule has 0 fully saturated rings. The summed E-state index contributed by atoms with van der Waals surface area (Å²) in [4.78, 5) is 0. The van der Waals surface area contributed by atoms with E-state index < -0.39 is 11.1 Å². The van der Waals surface area contributed by atoms with Gasteiger partial charge in [-0.05, 0) is 18.4 Å². The second-order valence-electron chi connectivity index (χ2n) is 2.61. The van der Waals surface area contributed by atoms with Gasteiger partial charge in [0.25, 0.3) is 0 Å². The summed E-state index contributed by atoms with van der Waals surface area (Å²) in [5.41, 5.74) is 1.22. The van der Waals surface area contributed by atoms with Crippen LogP contribution < -0.4 is 0 Å². The molecule has 1 N–H and O–H groups in total. The molecular formula is C9H13NaO2S. The average Bonchev–Trinajstić information content (AvgIpc) is 2.05. The summed E-state index contributed by atoms with van der Waals surface area (Å²) in [6, 6.07) is 9.98. The molecule has 0 amide bonds. The van der Waals surface area contributed by atoms with Crippen LogP contribution in [0.4, 0.5) is 0 Å². The molecule has 4 heteroatoms. The molecular weight excluding hydrogens is 195 g/mol. The Labute approximate surface area is 103 Å². The third kappa shape index (κ3) is 6.41. The average molecular weight is 208 g/mol. The molecule has 1 aromatic rings. The normalized spacial score (nSPS) is 11.8. The zero-order valence-corrected chi connectivity index (χ0v) is 7.59. The van der Waals surface area contributed by atoms with Gasteiger partial charge in [0.15, 0.2) is 11.1 Å². The van der Waals surface area contributed by atoms with Gasteiger partial charge in [0.2, 0.25) is 0 Å². The Bertz CT molecular complexity index is 251. The number of hydrogen-bond donors (Lipinski definition) is 1. The molecule has 0 aliphatic rings. The second-order valence-corrected chi connectivity index (χ2v) is 3.67. The van der Waals surface area contributed by atoms with Gasteiger partial charge < -0.3 is 4.55 Å². The van der Waals surface area contributed by atoms with E-state index in [1.807, 2.05) is 30.3 Å². The SMILES string of the molecule is O=S(O)CCCc1ccccc1.[NaH]. The number of hydrogen-bond acceptors (Lipinski definition) is 1. The van der Waals surface area contributed by atoms with E-state index in [9.17, 15) is 4.21 Å². The fraction of sp³-hybridized carbons (Fsp3) is 0.333. The Morgan fingerprint density at radius 3 is 2.38 bits per heavy atom.